The van der Waals surface area contributed by atoms with E-state index >= 15 is 0 Å². The predicted molar refractivity (Wildman–Crippen MR) is 81.6 cm³/mol. The average Bonchev–Trinajstić information content (AvgIpc) is 2.46. The fourth-order valence-electron chi connectivity index (χ4n) is 3.28. The van der Waals surface area contributed by atoms with E-state index in [1.54, 1.807) is 0 Å². The molecule has 1 saturated carbocycles. The Hall–Kier alpha value is -0.540. The second kappa shape index (κ2) is 6.27. The van der Waals surface area contributed by atoms with Crippen LogP contribution in [0.4, 0.5) is 0 Å². The lowest BCUT2D eigenvalue weighted by Crippen LogP contribution is -2.31. The van der Waals surface area contributed by atoms with Crippen LogP contribution in [0.2, 0.25) is 0 Å². The Morgan fingerprint density at radius 3 is 2.84 bits per heavy atom. The van der Waals surface area contributed by atoms with E-state index in [0.717, 1.165) is 35.7 Å². The van der Waals surface area contributed by atoms with Crippen LogP contribution in [0.25, 0.3) is 0 Å². The second-order valence-electron chi connectivity index (χ2n) is 5.78. The zero-order valence-corrected chi connectivity index (χ0v) is 12.9. The first-order valence-electron chi connectivity index (χ1n) is 7.48. The molecule has 1 atom stereocenters. The Morgan fingerprint density at radius 2 is 2.00 bits per heavy atom. The van der Waals surface area contributed by atoms with Crippen LogP contribution in [-0.4, -0.2) is 13.2 Å². The molecule has 0 aromatic heterocycles. The van der Waals surface area contributed by atoms with Gasteiger partial charge in [-0.15, -0.1) is 0 Å². The Balaban J connectivity index is 1.64. The summed E-state index contributed by atoms with van der Waals surface area (Å²) < 4.78 is 6.88. The van der Waals surface area contributed by atoms with Crippen molar-refractivity contribution < 1.29 is 4.74 Å². The molecule has 2 aliphatic rings. The number of hydrogen-bond donors (Lipinski definition) is 1. The van der Waals surface area contributed by atoms with Crippen molar-refractivity contribution in [3.05, 3.63) is 28.2 Å². The summed E-state index contributed by atoms with van der Waals surface area (Å²) in [4.78, 5) is 0. The third kappa shape index (κ3) is 3.32. The van der Waals surface area contributed by atoms with Crippen molar-refractivity contribution in [3.63, 3.8) is 0 Å². The average molecular weight is 324 g/mol. The number of nitrogens with one attached hydrogen (secondary N) is 1. The summed E-state index contributed by atoms with van der Waals surface area (Å²) in [6.45, 7) is 1.99. The number of halogens is 1. The number of hydrogen-bond acceptors (Lipinski definition) is 2. The highest BCUT2D eigenvalue weighted by Gasteiger charge is 2.22. The van der Waals surface area contributed by atoms with Crippen molar-refractivity contribution in [1.82, 2.24) is 5.32 Å². The van der Waals surface area contributed by atoms with Crippen LogP contribution in [0.5, 0.6) is 5.75 Å². The van der Waals surface area contributed by atoms with Crippen molar-refractivity contribution in [2.24, 2.45) is 5.92 Å². The molecule has 0 spiro atoms. The zero-order valence-electron chi connectivity index (χ0n) is 11.3. The molecule has 1 fully saturated rings. The van der Waals surface area contributed by atoms with Gasteiger partial charge in [-0.2, -0.15) is 0 Å². The number of fused-ring (bicyclic) bond motifs is 1. The molecule has 1 aliphatic heterocycles. The lowest BCUT2D eigenvalue weighted by Gasteiger charge is -2.30. The summed E-state index contributed by atoms with van der Waals surface area (Å²) in [5.74, 6) is 1.93. The molecule has 1 aromatic carbocycles. The van der Waals surface area contributed by atoms with E-state index in [2.05, 4.69) is 39.4 Å². The molecule has 1 unspecified atom stereocenters. The van der Waals surface area contributed by atoms with Gasteiger partial charge >= 0.3 is 0 Å². The van der Waals surface area contributed by atoms with Crippen molar-refractivity contribution >= 4 is 15.9 Å². The maximum Gasteiger partial charge on any atom is 0.124 e. The largest absolute Gasteiger partial charge is 0.493 e. The molecular weight excluding hydrogens is 302 g/mol. The van der Waals surface area contributed by atoms with Crippen LogP contribution in [0.3, 0.4) is 0 Å². The summed E-state index contributed by atoms with van der Waals surface area (Å²) in [6, 6.07) is 6.80. The summed E-state index contributed by atoms with van der Waals surface area (Å²) in [5, 5.41) is 3.77. The van der Waals surface area contributed by atoms with Gasteiger partial charge in [0.05, 0.1) is 6.61 Å². The predicted octanol–water partition coefficient (Wildman–Crippen LogP) is 4.44. The molecular formula is C16H22BrNO. The van der Waals surface area contributed by atoms with E-state index < -0.39 is 0 Å². The monoisotopic (exact) mass is 323 g/mol. The third-order valence-electron chi connectivity index (χ3n) is 4.39. The third-order valence-corrected chi connectivity index (χ3v) is 4.88. The first kappa shape index (κ1) is 13.4. The minimum atomic E-state index is 0.461. The normalized spacial score (nSPS) is 23.7. The topological polar surface area (TPSA) is 21.3 Å². The first-order chi connectivity index (χ1) is 9.33. The lowest BCUT2D eigenvalue weighted by molar-refractivity contribution is 0.241. The molecule has 3 heteroatoms. The number of ether oxygens (including phenoxy) is 1. The van der Waals surface area contributed by atoms with Gasteiger partial charge in [-0.3, -0.25) is 0 Å². The summed E-state index contributed by atoms with van der Waals surface area (Å²) >= 11 is 3.56. The highest BCUT2D eigenvalue weighted by atomic mass is 79.9. The highest BCUT2D eigenvalue weighted by molar-refractivity contribution is 9.10. The van der Waals surface area contributed by atoms with Gasteiger partial charge in [-0.1, -0.05) is 35.2 Å². The molecule has 2 nitrogen and oxygen atoms in total. The zero-order chi connectivity index (χ0) is 13.1. The Kier molecular flexibility index (Phi) is 4.44. The Labute approximate surface area is 124 Å². The van der Waals surface area contributed by atoms with Crippen LogP contribution in [0, 0.1) is 5.92 Å². The fourth-order valence-corrected chi connectivity index (χ4v) is 3.66. The van der Waals surface area contributed by atoms with Crippen LogP contribution in [0.15, 0.2) is 22.7 Å². The van der Waals surface area contributed by atoms with Gasteiger partial charge in [0.1, 0.15) is 5.75 Å². The van der Waals surface area contributed by atoms with Gasteiger partial charge in [0.2, 0.25) is 0 Å². The summed E-state index contributed by atoms with van der Waals surface area (Å²) in [5.41, 5.74) is 1.32. The standard InChI is InChI=1S/C16H22BrNO/c17-13-6-7-16-14(10-13)15(8-9-19-16)18-11-12-4-2-1-3-5-12/h6-7,10,12,15,18H,1-5,8-9,11H2. The van der Waals surface area contributed by atoms with Gasteiger partial charge in [0.15, 0.2) is 0 Å². The molecule has 1 N–H and O–H groups in total. The van der Waals surface area contributed by atoms with E-state index in [4.69, 9.17) is 4.74 Å². The van der Waals surface area contributed by atoms with Gasteiger partial charge in [0.25, 0.3) is 0 Å². The number of benzene rings is 1. The molecule has 104 valence electrons. The van der Waals surface area contributed by atoms with Crippen molar-refractivity contribution in [2.45, 2.75) is 44.6 Å². The van der Waals surface area contributed by atoms with Crippen LogP contribution < -0.4 is 10.1 Å². The Morgan fingerprint density at radius 1 is 1.16 bits per heavy atom. The second-order valence-corrected chi connectivity index (χ2v) is 6.70. The number of rotatable bonds is 3. The molecule has 0 saturated heterocycles. The Bertz CT molecular complexity index is 429. The van der Waals surface area contributed by atoms with E-state index in [1.165, 1.54) is 37.7 Å². The molecule has 1 aliphatic carbocycles. The van der Waals surface area contributed by atoms with Crippen LogP contribution in [-0.2, 0) is 0 Å². The van der Waals surface area contributed by atoms with Crippen LogP contribution >= 0.6 is 15.9 Å². The van der Waals surface area contributed by atoms with Crippen LogP contribution in [0.1, 0.15) is 50.1 Å². The highest BCUT2D eigenvalue weighted by Crippen LogP contribution is 2.34. The van der Waals surface area contributed by atoms with E-state index in [9.17, 15) is 0 Å². The molecule has 0 amide bonds. The molecule has 1 aromatic rings. The van der Waals surface area contributed by atoms with E-state index in [1.807, 2.05) is 0 Å². The van der Waals surface area contributed by atoms with E-state index in [0.29, 0.717) is 6.04 Å². The maximum absolute atomic E-state index is 5.74. The maximum atomic E-state index is 5.74. The quantitative estimate of drug-likeness (QED) is 0.887. The minimum absolute atomic E-state index is 0.461. The van der Waals surface area contributed by atoms with Gasteiger partial charge in [0, 0.05) is 22.5 Å². The lowest BCUT2D eigenvalue weighted by atomic mass is 9.88. The van der Waals surface area contributed by atoms with Gasteiger partial charge in [-0.25, -0.2) is 0 Å². The smallest absolute Gasteiger partial charge is 0.124 e. The van der Waals surface area contributed by atoms with Gasteiger partial charge < -0.3 is 10.1 Å². The first-order valence-corrected chi connectivity index (χ1v) is 8.28. The van der Waals surface area contributed by atoms with Crippen molar-refractivity contribution in [1.29, 1.82) is 0 Å². The molecule has 0 bridgehead atoms. The summed E-state index contributed by atoms with van der Waals surface area (Å²) in [6.07, 6.45) is 8.16. The molecule has 19 heavy (non-hydrogen) atoms. The molecule has 0 radical (unpaired) electrons. The van der Waals surface area contributed by atoms with Crippen molar-refractivity contribution in [3.8, 4) is 5.75 Å². The fraction of sp³-hybridized carbons (Fsp3) is 0.625. The SMILES string of the molecule is Brc1ccc2c(c1)C(NCC1CCCCC1)CCO2. The summed E-state index contributed by atoms with van der Waals surface area (Å²) in [7, 11) is 0. The molecule has 3 rings (SSSR count). The van der Waals surface area contributed by atoms with E-state index in [-0.39, 0.29) is 0 Å². The van der Waals surface area contributed by atoms with Gasteiger partial charge in [-0.05, 0) is 43.5 Å². The van der Waals surface area contributed by atoms with Crippen molar-refractivity contribution in [2.75, 3.05) is 13.2 Å². The minimum Gasteiger partial charge on any atom is -0.493 e. The molecule has 1 heterocycles.